The fourth-order valence-electron chi connectivity index (χ4n) is 3.42. The van der Waals surface area contributed by atoms with Crippen LogP contribution < -0.4 is 5.32 Å². The molecule has 0 bridgehead atoms. The molecule has 5 nitrogen and oxygen atoms in total. The molecule has 3 rings (SSSR count). The first-order valence-corrected chi connectivity index (χ1v) is 9.51. The van der Waals surface area contributed by atoms with Crippen LogP contribution in [0.5, 0.6) is 0 Å². The van der Waals surface area contributed by atoms with E-state index >= 15 is 0 Å². The maximum atomic E-state index is 12.6. The summed E-state index contributed by atoms with van der Waals surface area (Å²) in [6, 6.07) is 9.36. The molecule has 1 N–H and O–H groups in total. The molecule has 1 atom stereocenters. The van der Waals surface area contributed by atoms with E-state index in [-0.39, 0.29) is 17.6 Å². The highest BCUT2D eigenvalue weighted by molar-refractivity contribution is 6.01. The normalized spacial score (nSPS) is 15.2. The minimum absolute atomic E-state index is 0.0224. The molecule has 1 aliphatic rings. The predicted molar refractivity (Wildman–Crippen MR) is 110 cm³/mol. The van der Waals surface area contributed by atoms with Crippen LogP contribution in [0.15, 0.2) is 65.5 Å². The summed E-state index contributed by atoms with van der Waals surface area (Å²) in [6.07, 6.45) is 6.73. The van der Waals surface area contributed by atoms with Gasteiger partial charge in [0.15, 0.2) is 11.6 Å². The number of allylic oxidation sites excluding steroid dienone is 4. The number of carbonyl (C=O) groups excluding carboxylic acids is 2. The average Bonchev–Trinajstić information content (AvgIpc) is 2.68. The lowest BCUT2D eigenvalue weighted by atomic mass is 9.89. The summed E-state index contributed by atoms with van der Waals surface area (Å²) < 4.78 is 0. The zero-order valence-corrected chi connectivity index (χ0v) is 16.5. The predicted octanol–water partition coefficient (Wildman–Crippen LogP) is 4.85. The highest BCUT2D eigenvalue weighted by atomic mass is 16.1. The van der Waals surface area contributed by atoms with E-state index in [1.807, 2.05) is 51.1 Å². The number of benzene rings is 1. The smallest absolute Gasteiger partial charge is 0.223 e. The van der Waals surface area contributed by atoms with Crippen LogP contribution >= 0.6 is 0 Å². The van der Waals surface area contributed by atoms with Crippen molar-refractivity contribution in [2.24, 2.45) is 0 Å². The lowest BCUT2D eigenvalue weighted by Crippen LogP contribution is -2.12. The van der Waals surface area contributed by atoms with Gasteiger partial charge in [0.25, 0.3) is 0 Å². The Balaban J connectivity index is 1.61. The first kappa shape index (κ1) is 19.7. The van der Waals surface area contributed by atoms with Crippen molar-refractivity contribution in [3.63, 3.8) is 0 Å². The molecule has 0 fully saturated rings. The third-order valence-corrected chi connectivity index (χ3v) is 4.96. The molecule has 1 aromatic heterocycles. The van der Waals surface area contributed by atoms with Crippen molar-refractivity contribution in [1.29, 1.82) is 0 Å². The summed E-state index contributed by atoms with van der Waals surface area (Å²) in [7, 11) is 0. The van der Waals surface area contributed by atoms with Gasteiger partial charge in [0.05, 0.1) is 6.04 Å². The zero-order valence-electron chi connectivity index (χ0n) is 16.5. The Morgan fingerprint density at radius 3 is 2.46 bits per heavy atom. The highest BCUT2D eigenvalue weighted by Crippen LogP contribution is 2.25. The molecule has 0 radical (unpaired) electrons. The van der Waals surface area contributed by atoms with Crippen LogP contribution in [0.25, 0.3) is 0 Å². The van der Waals surface area contributed by atoms with E-state index in [9.17, 15) is 9.59 Å². The van der Waals surface area contributed by atoms with E-state index in [2.05, 4.69) is 15.3 Å². The van der Waals surface area contributed by atoms with Crippen LogP contribution in [-0.2, 0) is 4.79 Å². The van der Waals surface area contributed by atoms with Gasteiger partial charge in [-0.3, -0.25) is 9.59 Å². The van der Waals surface area contributed by atoms with Gasteiger partial charge in [-0.25, -0.2) is 9.97 Å². The molecule has 1 aromatic carbocycles. The van der Waals surface area contributed by atoms with Crippen LogP contribution in [0.3, 0.4) is 0 Å². The first-order valence-electron chi connectivity index (χ1n) is 9.51. The van der Waals surface area contributed by atoms with Crippen molar-refractivity contribution < 1.29 is 9.59 Å². The SMILES string of the molecule is CC1=CC(C)=C(CCC(=O)c2ccc(C(C)Nc3ncccn3)cc2)C(=O)C1. The van der Waals surface area contributed by atoms with E-state index in [4.69, 9.17) is 0 Å². The number of nitrogens with zero attached hydrogens (tertiary/aromatic N) is 2. The Bertz CT molecular complexity index is 928. The fraction of sp³-hybridized carbons (Fsp3) is 0.304. The standard InChI is InChI=1S/C23H25N3O2/c1-15-13-16(2)20(22(28)14-15)9-10-21(27)19-7-5-18(6-8-19)17(3)26-23-24-11-4-12-25-23/h4-8,11-13,17H,9-10,14H2,1-3H3,(H,24,25,26). The molecule has 144 valence electrons. The minimum atomic E-state index is 0.0224. The molecular weight excluding hydrogens is 350 g/mol. The highest BCUT2D eigenvalue weighted by Gasteiger charge is 2.19. The van der Waals surface area contributed by atoms with Crippen molar-refractivity contribution in [1.82, 2.24) is 9.97 Å². The topological polar surface area (TPSA) is 72.0 Å². The van der Waals surface area contributed by atoms with E-state index in [0.717, 1.165) is 22.3 Å². The van der Waals surface area contributed by atoms with Gasteiger partial charge in [0.1, 0.15) is 0 Å². The third-order valence-electron chi connectivity index (χ3n) is 4.96. The van der Waals surface area contributed by atoms with Gasteiger partial charge in [-0.2, -0.15) is 0 Å². The average molecular weight is 375 g/mol. The Morgan fingerprint density at radius 1 is 1.14 bits per heavy atom. The van der Waals surface area contributed by atoms with Crippen LogP contribution in [0.4, 0.5) is 5.95 Å². The molecule has 2 aromatic rings. The second-order valence-electron chi connectivity index (χ2n) is 7.24. The number of Topliss-reactive ketones (excluding diaryl/α,β-unsaturated/α-hetero) is 2. The van der Waals surface area contributed by atoms with Crippen LogP contribution in [0, 0.1) is 0 Å². The molecule has 0 saturated heterocycles. The molecule has 1 unspecified atom stereocenters. The van der Waals surface area contributed by atoms with E-state index in [1.165, 1.54) is 0 Å². The van der Waals surface area contributed by atoms with Crippen LogP contribution in [-0.4, -0.2) is 21.5 Å². The van der Waals surface area contributed by atoms with Gasteiger partial charge in [0.2, 0.25) is 5.95 Å². The molecule has 0 amide bonds. The number of carbonyl (C=O) groups is 2. The number of nitrogens with one attached hydrogen (secondary N) is 1. The van der Waals surface area contributed by atoms with Gasteiger partial charge in [-0.1, -0.05) is 35.9 Å². The van der Waals surface area contributed by atoms with Gasteiger partial charge in [0, 0.05) is 30.8 Å². The molecule has 1 aliphatic carbocycles. The number of rotatable bonds is 7. The van der Waals surface area contributed by atoms with Crippen molar-refractivity contribution in [2.45, 2.75) is 46.1 Å². The van der Waals surface area contributed by atoms with Gasteiger partial charge >= 0.3 is 0 Å². The summed E-state index contributed by atoms with van der Waals surface area (Å²) in [5.41, 5.74) is 4.57. The molecular formula is C23H25N3O2. The minimum Gasteiger partial charge on any atom is -0.348 e. The molecule has 5 heteroatoms. The lowest BCUT2D eigenvalue weighted by Gasteiger charge is -2.15. The Hall–Kier alpha value is -3.08. The largest absolute Gasteiger partial charge is 0.348 e. The Labute approximate surface area is 165 Å². The summed E-state index contributed by atoms with van der Waals surface area (Å²) in [6.45, 7) is 5.93. The summed E-state index contributed by atoms with van der Waals surface area (Å²) in [5, 5.41) is 3.23. The summed E-state index contributed by atoms with van der Waals surface area (Å²) in [4.78, 5) is 33.1. The molecule has 0 aliphatic heterocycles. The first-order chi connectivity index (χ1) is 13.4. The number of ketones is 2. The van der Waals surface area contributed by atoms with Crippen molar-refractivity contribution in [3.05, 3.63) is 76.6 Å². The molecule has 28 heavy (non-hydrogen) atoms. The Kier molecular flexibility index (Phi) is 6.14. The molecule has 0 spiro atoms. The number of hydrogen-bond donors (Lipinski definition) is 1. The van der Waals surface area contributed by atoms with Gasteiger partial charge in [-0.05, 0) is 50.0 Å². The second-order valence-corrected chi connectivity index (χ2v) is 7.24. The lowest BCUT2D eigenvalue weighted by molar-refractivity contribution is -0.115. The fourth-order valence-corrected chi connectivity index (χ4v) is 3.42. The Morgan fingerprint density at radius 2 is 1.82 bits per heavy atom. The summed E-state index contributed by atoms with van der Waals surface area (Å²) in [5.74, 6) is 0.766. The van der Waals surface area contributed by atoms with Crippen molar-refractivity contribution >= 4 is 17.5 Å². The maximum Gasteiger partial charge on any atom is 0.223 e. The monoisotopic (exact) mass is 375 g/mol. The quantitative estimate of drug-likeness (QED) is 0.701. The van der Waals surface area contributed by atoms with Gasteiger partial charge < -0.3 is 5.32 Å². The van der Waals surface area contributed by atoms with E-state index < -0.39 is 0 Å². The second kappa shape index (κ2) is 8.74. The molecule has 0 saturated carbocycles. The third kappa shape index (κ3) is 4.80. The van der Waals surface area contributed by atoms with E-state index in [0.29, 0.717) is 30.8 Å². The van der Waals surface area contributed by atoms with Crippen molar-refractivity contribution in [2.75, 3.05) is 5.32 Å². The zero-order chi connectivity index (χ0) is 20.1. The van der Waals surface area contributed by atoms with Crippen molar-refractivity contribution in [3.8, 4) is 0 Å². The number of aromatic nitrogens is 2. The van der Waals surface area contributed by atoms with Gasteiger partial charge in [-0.15, -0.1) is 0 Å². The van der Waals surface area contributed by atoms with Crippen LogP contribution in [0.2, 0.25) is 0 Å². The van der Waals surface area contributed by atoms with E-state index in [1.54, 1.807) is 18.5 Å². The number of anilines is 1. The molecule has 1 heterocycles. The summed E-state index contributed by atoms with van der Waals surface area (Å²) >= 11 is 0. The maximum absolute atomic E-state index is 12.6. The van der Waals surface area contributed by atoms with Crippen LogP contribution in [0.1, 0.15) is 62.0 Å². The number of hydrogen-bond acceptors (Lipinski definition) is 5.